The van der Waals surface area contributed by atoms with Gasteiger partial charge in [0.15, 0.2) is 16.9 Å². The van der Waals surface area contributed by atoms with Crippen molar-refractivity contribution in [3.05, 3.63) is 36.1 Å². The normalized spacial score (nSPS) is 43.1. The van der Waals surface area contributed by atoms with Gasteiger partial charge >= 0.3 is 5.97 Å². The highest BCUT2D eigenvalue weighted by Crippen LogP contribution is 2.75. The Kier molecular flexibility index (Phi) is 14.4. The molecule has 15 unspecified atom stereocenters. The molecule has 384 valence electrons. The van der Waals surface area contributed by atoms with Crippen LogP contribution in [0.15, 0.2) is 35.0 Å². The first kappa shape index (κ1) is 50.4. The number of fused-ring (bicyclic) bond motifs is 12. The first-order valence-electron chi connectivity index (χ1n) is 26.3. The van der Waals surface area contributed by atoms with Gasteiger partial charge in [-0.25, -0.2) is 0 Å². The van der Waals surface area contributed by atoms with Crippen LogP contribution in [0.4, 0.5) is 0 Å². The molecule has 8 aliphatic rings. The molecule has 16 heteroatoms. The van der Waals surface area contributed by atoms with Crippen LogP contribution in [0.25, 0.3) is 11.0 Å². The Morgan fingerprint density at radius 1 is 0.986 bits per heavy atom. The summed E-state index contributed by atoms with van der Waals surface area (Å²) in [5.41, 5.74) is -5.27. The maximum atomic E-state index is 13.6. The lowest BCUT2D eigenvalue weighted by Crippen LogP contribution is -2.86. The number of furan rings is 1. The maximum Gasteiger partial charge on any atom is 0.306 e. The number of rotatable bonds is 7. The number of carbonyl (C=O) groups is 1. The lowest BCUT2D eigenvalue weighted by Gasteiger charge is -2.67. The Balaban J connectivity index is 1.16. The summed E-state index contributed by atoms with van der Waals surface area (Å²) in [5.74, 6) is -1.71. The van der Waals surface area contributed by atoms with Crippen molar-refractivity contribution in [2.45, 2.75) is 175 Å². The fourth-order valence-electron chi connectivity index (χ4n) is 15.9. The summed E-state index contributed by atoms with van der Waals surface area (Å²) in [6.45, 7) is 5.49. The molecule has 1 aromatic heterocycles. The van der Waals surface area contributed by atoms with Crippen LogP contribution >= 0.6 is 21.6 Å². The van der Waals surface area contributed by atoms with Crippen LogP contribution in [0.2, 0.25) is 0 Å². The number of benzene rings is 1. The van der Waals surface area contributed by atoms with E-state index in [9.17, 15) is 35.4 Å². The minimum Gasteiger partial charge on any atom is -0.485 e. The SMILES string of the molecule is CCOC(=O)CCc1cc2ccoc2c2c1OC1OC3(CSSC4(CC5(CCCC5)C5(CCC(CNC)C5)C4)C(CCC(C)CCCC3O)NCCO2)C2(O)CC3C=CC(O)C(CO)C3C1(O)C2O. The zero-order chi connectivity index (χ0) is 48.4. The monoisotopic (exact) mass is 998 g/mol. The van der Waals surface area contributed by atoms with Gasteiger partial charge < -0.3 is 64.6 Å². The van der Waals surface area contributed by atoms with Gasteiger partial charge in [0.05, 0.1) is 25.1 Å². The van der Waals surface area contributed by atoms with Gasteiger partial charge in [-0.3, -0.25) is 4.79 Å². The van der Waals surface area contributed by atoms with Gasteiger partial charge in [0.2, 0.25) is 12.0 Å². The van der Waals surface area contributed by atoms with Crippen LogP contribution in [0.5, 0.6) is 11.5 Å². The Labute approximate surface area is 415 Å². The molecular formula is C53H78N2O12S2. The van der Waals surface area contributed by atoms with Gasteiger partial charge in [-0.2, -0.15) is 0 Å². The van der Waals surface area contributed by atoms with Gasteiger partial charge in [0.1, 0.15) is 23.9 Å². The summed E-state index contributed by atoms with van der Waals surface area (Å²) in [7, 11) is 5.56. The number of aliphatic hydroxyl groups is 6. The van der Waals surface area contributed by atoms with Crippen molar-refractivity contribution in [2.24, 2.45) is 40.4 Å². The molecule has 2 saturated heterocycles. The summed E-state index contributed by atoms with van der Waals surface area (Å²) < 4.78 is 32.6. The minimum atomic E-state index is -2.45. The summed E-state index contributed by atoms with van der Waals surface area (Å²) in [6.07, 6.45) is 13.1. The Hall–Kier alpha value is -2.09. The predicted molar refractivity (Wildman–Crippen MR) is 265 cm³/mol. The highest BCUT2D eigenvalue weighted by Gasteiger charge is 2.78. The molecule has 5 bridgehead atoms. The molecule has 6 fully saturated rings. The molecule has 14 nitrogen and oxygen atoms in total. The third kappa shape index (κ3) is 8.32. The molecule has 15 atom stereocenters. The second-order valence-corrected chi connectivity index (χ2v) is 25.5. The molecule has 2 aromatic rings. The number of hydrogen-bond acceptors (Lipinski definition) is 16. The topological polar surface area (TPSA) is 213 Å². The average Bonchev–Trinajstić information content (AvgIpc) is 4.14. The van der Waals surface area contributed by atoms with Gasteiger partial charge in [-0.15, -0.1) is 0 Å². The van der Waals surface area contributed by atoms with Crippen LogP contribution in [-0.4, -0.2) is 135 Å². The standard InChI is InChI=1S/C53H78N2O12S2/c1-4-63-41(59)15-12-34-24-35-17-22-64-43(35)45-44(34)66-47-53(62)42-36(11-13-38(57)37(42)28-56)26-51(61,46(53)60)52(67-47)31-68-69-50(39(55-21-23-65-45)14-10-32(2)8-7-9-40(52)58)29-48(18-5-6-19-48)49(30-50)20-16-33(25-49)27-54-3/h11,13,17,22,24,32-33,36-40,42,46-47,54-58,60-62H,4-10,12,14-16,18-21,23,25-31H2,1-3H3. The zero-order valence-corrected chi connectivity index (χ0v) is 42.5. The third-order valence-corrected chi connectivity index (χ3v) is 22.4. The predicted octanol–water partition coefficient (Wildman–Crippen LogP) is 6.19. The zero-order valence-electron chi connectivity index (χ0n) is 40.9. The second kappa shape index (κ2) is 19.6. The summed E-state index contributed by atoms with van der Waals surface area (Å²) >= 11 is 0. The Morgan fingerprint density at radius 3 is 2.58 bits per heavy atom. The van der Waals surface area contributed by atoms with E-state index in [0.29, 0.717) is 41.3 Å². The molecule has 1 aromatic carbocycles. The van der Waals surface area contributed by atoms with Crippen molar-refractivity contribution >= 4 is 38.5 Å². The first-order chi connectivity index (χ1) is 33.2. The van der Waals surface area contributed by atoms with E-state index >= 15 is 0 Å². The fourth-order valence-corrected chi connectivity index (χ4v) is 19.9. The van der Waals surface area contributed by atoms with Crippen molar-refractivity contribution in [1.82, 2.24) is 10.6 Å². The van der Waals surface area contributed by atoms with Crippen molar-refractivity contribution < 1.29 is 58.8 Å². The van der Waals surface area contributed by atoms with Crippen LogP contribution in [-0.2, 0) is 20.7 Å². The van der Waals surface area contributed by atoms with E-state index in [4.69, 9.17) is 23.4 Å². The van der Waals surface area contributed by atoms with Crippen LogP contribution < -0.4 is 20.1 Å². The lowest BCUT2D eigenvalue weighted by molar-refractivity contribution is -0.424. The fraction of sp³-hybridized carbons (Fsp3) is 0.792. The maximum absolute atomic E-state index is 13.6. The molecule has 0 radical (unpaired) electrons. The Bertz CT molecular complexity index is 2190. The number of aryl methyl sites for hydroxylation is 1. The van der Waals surface area contributed by atoms with Crippen molar-refractivity contribution in [1.29, 1.82) is 0 Å². The number of hydrogen-bond donors (Lipinski definition) is 8. The number of nitrogens with one attached hydrogen (secondary N) is 2. The highest BCUT2D eigenvalue weighted by molar-refractivity contribution is 8.77. The molecule has 4 saturated carbocycles. The molecule has 4 spiro atoms. The van der Waals surface area contributed by atoms with E-state index in [-0.39, 0.29) is 77.8 Å². The molecule has 0 amide bonds. The van der Waals surface area contributed by atoms with Gasteiger partial charge in [-0.05, 0) is 144 Å². The van der Waals surface area contributed by atoms with Crippen molar-refractivity contribution in [3.8, 4) is 11.5 Å². The molecule has 3 aliphatic heterocycles. The molecule has 10 rings (SSSR count). The Morgan fingerprint density at radius 2 is 1.80 bits per heavy atom. The quantitative estimate of drug-likeness (QED) is 0.0883. The number of carbonyl (C=O) groups excluding carboxylic acids is 1. The lowest BCUT2D eigenvalue weighted by atomic mass is 9.50. The summed E-state index contributed by atoms with van der Waals surface area (Å²) in [4.78, 5) is 13.0. The van der Waals surface area contributed by atoms with Gasteiger partial charge in [0, 0.05) is 53.3 Å². The van der Waals surface area contributed by atoms with Gasteiger partial charge in [-0.1, -0.05) is 66.3 Å². The molecule has 5 aliphatic carbocycles. The number of esters is 1. The van der Waals surface area contributed by atoms with Gasteiger partial charge in [0.25, 0.3) is 0 Å². The van der Waals surface area contributed by atoms with Crippen molar-refractivity contribution in [3.63, 3.8) is 0 Å². The summed E-state index contributed by atoms with van der Waals surface area (Å²) in [6, 6.07) is 3.77. The van der Waals surface area contributed by atoms with E-state index in [1.807, 2.05) is 22.9 Å². The van der Waals surface area contributed by atoms with E-state index in [2.05, 4.69) is 24.6 Å². The van der Waals surface area contributed by atoms with Crippen LogP contribution in [0.3, 0.4) is 0 Å². The first-order valence-corrected chi connectivity index (χ1v) is 28.7. The number of aliphatic hydroxyl groups excluding tert-OH is 4. The highest BCUT2D eigenvalue weighted by atomic mass is 33.1. The number of allylic oxidation sites excluding steroid dienone is 1. The van der Waals surface area contributed by atoms with Crippen LogP contribution in [0, 0.1) is 40.4 Å². The minimum absolute atomic E-state index is 0.00161. The second-order valence-electron chi connectivity index (χ2n) is 22.8. The molecule has 4 heterocycles. The number of ether oxygens (including phenoxy) is 4. The van der Waals surface area contributed by atoms with Crippen LogP contribution in [0.1, 0.15) is 122 Å². The van der Waals surface area contributed by atoms with E-state index in [1.165, 1.54) is 44.9 Å². The molecular weight excluding hydrogens is 921 g/mol. The average molecular weight is 999 g/mol. The van der Waals surface area contributed by atoms with E-state index in [1.54, 1.807) is 36.1 Å². The van der Waals surface area contributed by atoms with E-state index < -0.39 is 71.7 Å². The molecule has 8 N–H and O–H groups in total. The molecule has 69 heavy (non-hydrogen) atoms. The van der Waals surface area contributed by atoms with Crippen molar-refractivity contribution in [2.75, 3.05) is 45.7 Å². The smallest absolute Gasteiger partial charge is 0.306 e. The summed E-state index contributed by atoms with van der Waals surface area (Å²) in [5, 5.41) is 84.0. The largest absolute Gasteiger partial charge is 0.485 e. The van der Waals surface area contributed by atoms with E-state index in [0.717, 1.165) is 38.6 Å². The third-order valence-electron chi connectivity index (χ3n) is 19.1.